The van der Waals surface area contributed by atoms with Crippen molar-refractivity contribution in [2.45, 2.75) is 0 Å². The molecule has 1 aromatic carbocycles. The minimum absolute atomic E-state index is 0.0130. The second-order valence-corrected chi connectivity index (χ2v) is 3.65. The molecule has 7 heteroatoms. The van der Waals surface area contributed by atoms with Crippen LogP contribution in [0, 0.1) is 0 Å². The average molecular weight is 265 g/mol. The number of nitrogens with one attached hydrogen (secondary N) is 1. The largest absolute Gasteiger partial charge is 0.411 e. The molecule has 18 heavy (non-hydrogen) atoms. The van der Waals surface area contributed by atoms with Crippen molar-refractivity contribution in [3.05, 3.63) is 41.6 Å². The molecular formula is C11H9ClN4O2. The summed E-state index contributed by atoms with van der Waals surface area (Å²) in [6.45, 7) is 0. The van der Waals surface area contributed by atoms with Gasteiger partial charge in [0, 0.05) is 11.8 Å². The highest BCUT2D eigenvalue weighted by molar-refractivity contribution is 6.29. The lowest BCUT2D eigenvalue weighted by atomic mass is 10.3. The predicted octanol–water partition coefficient (Wildman–Crippen LogP) is 2.33. The van der Waals surface area contributed by atoms with Crippen molar-refractivity contribution in [3.63, 3.8) is 0 Å². The van der Waals surface area contributed by atoms with E-state index in [1.807, 2.05) is 30.3 Å². The lowest BCUT2D eigenvalue weighted by Crippen LogP contribution is -2.17. The second-order valence-electron chi connectivity index (χ2n) is 3.26. The van der Waals surface area contributed by atoms with Gasteiger partial charge in [0.25, 0.3) is 0 Å². The third-order valence-electron chi connectivity index (χ3n) is 1.91. The number of rotatable bonds is 3. The molecule has 0 bridgehead atoms. The molecule has 1 aromatic heterocycles. The number of anilines is 2. The van der Waals surface area contributed by atoms with Gasteiger partial charge in [0.15, 0.2) is 0 Å². The number of halogens is 1. The molecule has 0 aliphatic rings. The average Bonchev–Trinajstić information content (AvgIpc) is 2.28. The molecule has 2 rings (SSSR count). The summed E-state index contributed by atoms with van der Waals surface area (Å²) in [7, 11) is 0. The zero-order chi connectivity index (χ0) is 13.0. The summed E-state index contributed by atoms with van der Waals surface area (Å²) in [5.74, 6) is 0.200. The zero-order valence-electron chi connectivity index (χ0n) is 9.13. The molecule has 2 aromatic rings. The molecule has 0 unspecified atom stereocenters. The smallest absolute Gasteiger partial charge is 0.391 e. The number of benzene rings is 1. The molecular weight excluding hydrogens is 256 g/mol. The summed E-state index contributed by atoms with van der Waals surface area (Å²) in [6.07, 6.45) is -0.963. The Morgan fingerprint density at radius 3 is 2.67 bits per heavy atom. The minimum atomic E-state index is -0.963. The third-order valence-corrected chi connectivity index (χ3v) is 2.10. The first-order valence-corrected chi connectivity index (χ1v) is 5.35. The number of ether oxygens (including phenoxy) is 1. The van der Waals surface area contributed by atoms with Crippen LogP contribution in [0.25, 0.3) is 0 Å². The van der Waals surface area contributed by atoms with Gasteiger partial charge in [0.05, 0.1) is 0 Å². The molecule has 0 atom stereocenters. The fourth-order valence-electron chi connectivity index (χ4n) is 1.26. The first-order chi connectivity index (χ1) is 8.63. The van der Waals surface area contributed by atoms with E-state index in [-0.39, 0.29) is 17.0 Å². The Labute approximate surface area is 108 Å². The maximum atomic E-state index is 10.6. The van der Waals surface area contributed by atoms with Gasteiger partial charge in [0.1, 0.15) is 5.15 Å². The van der Waals surface area contributed by atoms with Crippen LogP contribution in [0.5, 0.6) is 5.88 Å². The van der Waals surface area contributed by atoms with Crippen molar-refractivity contribution in [1.82, 2.24) is 9.97 Å². The van der Waals surface area contributed by atoms with Crippen LogP contribution in [0.3, 0.4) is 0 Å². The van der Waals surface area contributed by atoms with E-state index in [0.717, 1.165) is 5.69 Å². The summed E-state index contributed by atoms with van der Waals surface area (Å²) in [6, 6.07) is 10.5. The highest BCUT2D eigenvalue weighted by Crippen LogP contribution is 2.19. The van der Waals surface area contributed by atoms with E-state index in [9.17, 15) is 4.79 Å². The maximum absolute atomic E-state index is 10.6. The van der Waals surface area contributed by atoms with Crippen LogP contribution >= 0.6 is 11.6 Å². The van der Waals surface area contributed by atoms with Gasteiger partial charge in [-0.25, -0.2) is 9.78 Å². The van der Waals surface area contributed by atoms with Crippen LogP contribution in [-0.4, -0.2) is 16.1 Å². The number of nitrogens with zero attached hydrogens (tertiary/aromatic N) is 2. The molecule has 1 heterocycles. The maximum Gasteiger partial charge on any atom is 0.411 e. The van der Waals surface area contributed by atoms with Crippen molar-refractivity contribution in [3.8, 4) is 5.88 Å². The Balaban J connectivity index is 2.23. The van der Waals surface area contributed by atoms with Gasteiger partial charge in [-0.1, -0.05) is 29.8 Å². The van der Waals surface area contributed by atoms with Gasteiger partial charge >= 0.3 is 6.09 Å². The number of carbonyl (C=O) groups is 1. The highest BCUT2D eigenvalue weighted by Gasteiger charge is 2.06. The number of hydrogen-bond acceptors (Lipinski definition) is 5. The monoisotopic (exact) mass is 264 g/mol. The van der Waals surface area contributed by atoms with Gasteiger partial charge in [-0.05, 0) is 12.1 Å². The molecule has 0 aliphatic heterocycles. The van der Waals surface area contributed by atoms with Gasteiger partial charge in [0.2, 0.25) is 11.8 Å². The Bertz CT molecular complexity index is 562. The predicted molar refractivity (Wildman–Crippen MR) is 67.0 cm³/mol. The summed E-state index contributed by atoms with van der Waals surface area (Å²) < 4.78 is 4.64. The van der Waals surface area contributed by atoms with Crippen molar-refractivity contribution < 1.29 is 9.53 Å². The molecule has 0 radical (unpaired) electrons. The highest BCUT2D eigenvalue weighted by atomic mass is 35.5. The molecule has 0 saturated carbocycles. The SMILES string of the molecule is NC(=O)Oc1cc(Cl)nc(Nc2ccccc2)n1. The second kappa shape index (κ2) is 5.33. The first-order valence-electron chi connectivity index (χ1n) is 4.97. The number of carbonyl (C=O) groups excluding carboxylic acids is 1. The summed E-state index contributed by atoms with van der Waals surface area (Å²) >= 11 is 5.78. The van der Waals surface area contributed by atoms with E-state index in [4.69, 9.17) is 17.3 Å². The number of primary amides is 1. The standard InChI is InChI=1S/C11H9ClN4O2/c12-8-6-9(18-10(13)17)16-11(15-8)14-7-4-2-1-3-5-7/h1-6H,(H2,13,17)(H,14,15,16). The zero-order valence-corrected chi connectivity index (χ0v) is 9.89. The number of amides is 1. The van der Waals surface area contributed by atoms with Crippen molar-refractivity contribution in [2.75, 3.05) is 5.32 Å². The molecule has 0 fully saturated rings. The molecule has 0 saturated heterocycles. The number of aromatic nitrogens is 2. The molecule has 0 aliphatic carbocycles. The summed E-state index contributed by atoms with van der Waals surface area (Å²) in [4.78, 5) is 18.5. The molecule has 3 N–H and O–H groups in total. The van der Waals surface area contributed by atoms with Gasteiger partial charge in [-0.2, -0.15) is 4.98 Å². The number of nitrogens with two attached hydrogens (primary N) is 1. The number of hydrogen-bond donors (Lipinski definition) is 2. The minimum Gasteiger partial charge on any atom is -0.391 e. The first kappa shape index (κ1) is 12.1. The quantitative estimate of drug-likeness (QED) is 0.831. The molecule has 0 spiro atoms. The van der Waals surface area contributed by atoms with Gasteiger partial charge in [-0.3, -0.25) is 0 Å². The van der Waals surface area contributed by atoms with E-state index >= 15 is 0 Å². The molecule has 6 nitrogen and oxygen atoms in total. The molecule has 92 valence electrons. The van der Waals surface area contributed by atoms with E-state index in [0.29, 0.717) is 0 Å². The van der Waals surface area contributed by atoms with Crippen LogP contribution in [0.15, 0.2) is 36.4 Å². The lowest BCUT2D eigenvalue weighted by molar-refractivity contribution is 0.209. The van der Waals surface area contributed by atoms with E-state index < -0.39 is 6.09 Å². The van der Waals surface area contributed by atoms with E-state index in [1.54, 1.807) is 0 Å². The van der Waals surface area contributed by atoms with Gasteiger partial charge in [-0.15, -0.1) is 0 Å². The van der Waals surface area contributed by atoms with Crippen LogP contribution in [0.4, 0.5) is 16.4 Å². The van der Waals surface area contributed by atoms with Crippen LogP contribution in [-0.2, 0) is 0 Å². The van der Waals surface area contributed by atoms with Crippen molar-refractivity contribution in [1.29, 1.82) is 0 Å². The van der Waals surface area contributed by atoms with Crippen LogP contribution in [0.1, 0.15) is 0 Å². The fraction of sp³-hybridized carbons (Fsp3) is 0. The number of para-hydroxylation sites is 1. The summed E-state index contributed by atoms with van der Waals surface area (Å²) in [5.41, 5.74) is 5.67. The Kier molecular flexibility index (Phi) is 3.59. The third kappa shape index (κ3) is 3.33. The summed E-state index contributed by atoms with van der Waals surface area (Å²) in [5, 5.41) is 3.06. The topological polar surface area (TPSA) is 90.1 Å². The Hall–Kier alpha value is -2.34. The van der Waals surface area contributed by atoms with E-state index in [1.165, 1.54) is 6.07 Å². The molecule has 1 amide bonds. The van der Waals surface area contributed by atoms with Gasteiger partial charge < -0.3 is 15.8 Å². The van der Waals surface area contributed by atoms with E-state index in [2.05, 4.69) is 20.0 Å². The van der Waals surface area contributed by atoms with Crippen LogP contribution in [0.2, 0.25) is 5.15 Å². The van der Waals surface area contributed by atoms with Crippen LogP contribution < -0.4 is 15.8 Å². The Morgan fingerprint density at radius 1 is 1.28 bits per heavy atom. The lowest BCUT2D eigenvalue weighted by Gasteiger charge is -2.06. The fourth-order valence-corrected chi connectivity index (χ4v) is 1.43. The normalized spacial score (nSPS) is 9.83. The van der Waals surface area contributed by atoms with Crippen molar-refractivity contribution >= 4 is 29.3 Å². The Morgan fingerprint density at radius 2 is 2.00 bits per heavy atom. The van der Waals surface area contributed by atoms with Crippen molar-refractivity contribution in [2.24, 2.45) is 5.73 Å².